The first-order chi connectivity index (χ1) is 11.7. The highest BCUT2D eigenvalue weighted by atomic mass is 14.1. The van der Waals surface area contributed by atoms with Gasteiger partial charge in [-0.05, 0) is 44.4 Å². The number of unbranched alkanes of at least 4 members (excludes halogenated alkanes) is 11. The van der Waals surface area contributed by atoms with Gasteiger partial charge in [0.2, 0.25) is 0 Å². The molecule has 0 aliphatic carbocycles. The van der Waals surface area contributed by atoms with Crippen molar-refractivity contribution in [3.8, 4) is 0 Å². The Labute approximate surface area is 154 Å². The maximum absolute atomic E-state index is 2.61. The minimum absolute atomic E-state index is 0.860. The summed E-state index contributed by atoms with van der Waals surface area (Å²) in [5, 5.41) is 0. The van der Waals surface area contributed by atoms with Crippen LogP contribution < -0.4 is 0 Å². The molecule has 0 unspecified atom stereocenters. The molecule has 0 aromatic rings. The average molecular weight is 337 g/mol. The van der Waals surface area contributed by atoms with Gasteiger partial charge in [0.1, 0.15) is 0 Å². The summed E-state index contributed by atoms with van der Waals surface area (Å²) < 4.78 is 0. The molecule has 0 fully saturated rings. The van der Waals surface area contributed by atoms with Crippen LogP contribution in [0.2, 0.25) is 0 Å². The highest BCUT2D eigenvalue weighted by Crippen LogP contribution is 2.20. The van der Waals surface area contributed by atoms with Gasteiger partial charge in [-0.15, -0.1) is 0 Å². The van der Waals surface area contributed by atoms with Gasteiger partial charge in [0.05, 0.1) is 0 Å². The minimum Gasteiger partial charge on any atom is -0.0853 e. The van der Waals surface area contributed by atoms with E-state index in [9.17, 15) is 0 Å². The van der Waals surface area contributed by atoms with Crippen molar-refractivity contribution in [3.63, 3.8) is 0 Å². The summed E-state index contributed by atoms with van der Waals surface area (Å²) in [4.78, 5) is 0. The lowest BCUT2D eigenvalue weighted by atomic mass is 9.97. The lowest BCUT2D eigenvalue weighted by Crippen LogP contribution is -1.90. The fourth-order valence-corrected chi connectivity index (χ4v) is 3.43. The molecule has 0 heterocycles. The fourth-order valence-electron chi connectivity index (χ4n) is 3.43. The maximum atomic E-state index is 2.61. The normalized spacial score (nSPS) is 11.2. The summed E-state index contributed by atoms with van der Waals surface area (Å²) in [6, 6.07) is 0. The van der Waals surface area contributed by atoms with Gasteiger partial charge in [0.15, 0.2) is 0 Å². The molecule has 0 rings (SSSR count). The van der Waals surface area contributed by atoms with E-state index in [4.69, 9.17) is 0 Å². The monoisotopic (exact) mass is 336 g/mol. The van der Waals surface area contributed by atoms with Crippen molar-refractivity contribution >= 4 is 0 Å². The van der Waals surface area contributed by atoms with E-state index >= 15 is 0 Å². The van der Waals surface area contributed by atoms with Gasteiger partial charge in [-0.1, -0.05) is 110 Å². The third-order valence-corrected chi connectivity index (χ3v) is 5.12. The van der Waals surface area contributed by atoms with E-state index in [1.807, 2.05) is 0 Å². The van der Waals surface area contributed by atoms with Crippen LogP contribution in [0.15, 0.2) is 11.6 Å². The second-order valence-corrected chi connectivity index (χ2v) is 8.22. The Hall–Kier alpha value is -0.260. The van der Waals surface area contributed by atoms with Crippen LogP contribution >= 0.6 is 0 Å². The number of hydrogen-bond acceptors (Lipinski definition) is 0. The Morgan fingerprint density at radius 3 is 1.54 bits per heavy atom. The third-order valence-electron chi connectivity index (χ3n) is 5.12. The standard InChI is InChI=1S/C24H48/c1-5-7-9-11-13-15-20-24(22-18-17-19-23(3)4)21-16-14-12-10-8-6-2/h22-23H,5-21H2,1-4H3. The molecule has 24 heavy (non-hydrogen) atoms. The summed E-state index contributed by atoms with van der Waals surface area (Å²) in [6.45, 7) is 9.30. The van der Waals surface area contributed by atoms with Crippen molar-refractivity contribution in [2.75, 3.05) is 0 Å². The zero-order valence-electron chi connectivity index (χ0n) is 17.7. The Kier molecular flexibility index (Phi) is 18.9. The molecule has 144 valence electrons. The first-order valence-electron chi connectivity index (χ1n) is 11.4. The Morgan fingerprint density at radius 1 is 0.625 bits per heavy atom. The van der Waals surface area contributed by atoms with Crippen molar-refractivity contribution in [1.29, 1.82) is 0 Å². The van der Waals surface area contributed by atoms with Gasteiger partial charge in [-0.3, -0.25) is 0 Å². The summed E-state index contributed by atoms with van der Waals surface area (Å²) in [5.74, 6) is 0.860. The van der Waals surface area contributed by atoms with Gasteiger partial charge >= 0.3 is 0 Å². The highest BCUT2D eigenvalue weighted by Gasteiger charge is 2.00. The minimum atomic E-state index is 0.860. The highest BCUT2D eigenvalue weighted by molar-refractivity contribution is 5.02. The second kappa shape index (κ2) is 19.1. The Balaban J connectivity index is 3.92. The van der Waals surface area contributed by atoms with E-state index < -0.39 is 0 Å². The molecule has 0 aromatic heterocycles. The molecule has 0 aliphatic heterocycles. The Bertz CT molecular complexity index is 243. The van der Waals surface area contributed by atoms with Crippen LogP contribution in [0, 0.1) is 5.92 Å². The molecule has 0 amide bonds. The lowest BCUT2D eigenvalue weighted by Gasteiger charge is -2.09. The van der Waals surface area contributed by atoms with Crippen LogP contribution in [0.1, 0.15) is 137 Å². The molecule has 0 N–H and O–H groups in total. The van der Waals surface area contributed by atoms with Crippen molar-refractivity contribution in [2.45, 2.75) is 137 Å². The van der Waals surface area contributed by atoms with E-state index in [1.165, 1.54) is 109 Å². The van der Waals surface area contributed by atoms with Crippen molar-refractivity contribution in [3.05, 3.63) is 11.6 Å². The van der Waals surface area contributed by atoms with Crippen molar-refractivity contribution in [2.24, 2.45) is 5.92 Å². The number of rotatable bonds is 18. The van der Waals surface area contributed by atoms with Crippen molar-refractivity contribution in [1.82, 2.24) is 0 Å². The summed E-state index contributed by atoms with van der Waals surface area (Å²) in [7, 11) is 0. The molecule has 0 atom stereocenters. The SMILES string of the molecule is CCCCCCCCC(=CCCCC(C)C)CCCCCCCC. The Morgan fingerprint density at radius 2 is 1.08 bits per heavy atom. The third kappa shape index (κ3) is 18.1. The van der Waals surface area contributed by atoms with Gasteiger partial charge in [-0.25, -0.2) is 0 Å². The molecule has 0 saturated heterocycles. The molecule has 0 spiro atoms. The molecule has 0 aliphatic rings. The molecular formula is C24H48. The number of hydrogen-bond donors (Lipinski definition) is 0. The van der Waals surface area contributed by atoms with Crippen LogP contribution in [0.4, 0.5) is 0 Å². The first-order valence-corrected chi connectivity index (χ1v) is 11.4. The number of allylic oxidation sites excluding steroid dienone is 2. The van der Waals surface area contributed by atoms with E-state index in [-0.39, 0.29) is 0 Å². The van der Waals surface area contributed by atoms with Gasteiger partial charge in [-0.2, -0.15) is 0 Å². The maximum Gasteiger partial charge on any atom is -0.0320 e. The molecule has 0 aromatic carbocycles. The summed E-state index contributed by atoms with van der Waals surface area (Å²) in [6.07, 6.45) is 26.6. The van der Waals surface area contributed by atoms with Gasteiger partial charge in [0, 0.05) is 0 Å². The van der Waals surface area contributed by atoms with Crippen LogP contribution in [0.5, 0.6) is 0 Å². The van der Waals surface area contributed by atoms with E-state index in [0.717, 1.165) is 5.92 Å². The topological polar surface area (TPSA) is 0 Å². The molecule has 0 radical (unpaired) electrons. The molecule has 0 bridgehead atoms. The lowest BCUT2D eigenvalue weighted by molar-refractivity contribution is 0.555. The molecule has 0 saturated carbocycles. The molecule has 0 nitrogen and oxygen atoms in total. The largest absolute Gasteiger partial charge is 0.0853 e. The van der Waals surface area contributed by atoms with Crippen LogP contribution in [-0.2, 0) is 0 Å². The summed E-state index contributed by atoms with van der Waals surface area (Å²) >= 11 is 0. The van der Waals surface area contributed by atoms with Gasteiger partial charge in [0.25, 0.3) is 0 Å². The van der Waals surface area contributed by atoms with E-state index in [0.29, 0.717) is 0 Å². The zero-order chi connectivity index (χ0) is 17.9. The van der Waals surface area contributed by atoms with Crippen LogP contribution in [-0.4, -0.2) is 0 Å². The predicted molar refractivity (Wildman–Crippen MR) is 113 cm³/mol. The van der Waals surface area contributed by atoms with E-state index in [1.54, 1.807) is 5.57 Å². The smallest absolute Gasteiger partial charge is 0.0320 e. The first kappa shape index (κ1) is 23.7. The fraction of sp³-hybridized carbons (Fsp3) is 0.917. The zero-order valence-corrected chi connectivity index (χ0v) is 17.7. The quantitative estimate of drug-likeness (QED) is 0.173. The molecule has 0 heteroatoms. The predicted octanol–water partition coefficient (Wildman–Crippen LogP) is 9.24. The molecular weight excluding hydrogens is 288 g/mol. The van der Waals surface area contributed by atoms with Crippen LogP contribution in [0.25, 0.3) is 0 Å². The second-order valence-electron chi connectivity index (χ2n) is 8.22. The average Bonchev–Trinajstić information content (AvgIpc) is 2.56. The summed E-state index contributed by atoms with van der Waals surface area (Å²) in [5.41, 5.74) is 1.78. The van der Waals surface area contributed by atoms with Gasteiger partial charge < -0.3 is 0 Å². The van der Waals surface area contributed by atoms with Crippen LogP contribution in [0.3, 0.4) is 0 Å². The van der Waals surface area contributed by atoms with E-state index in [2.05, 4.69) is 33.8 Å². The van der Waals surface area contributed by atoms with Crippen molar-refractivity contribution < 1.29 is 0 Å².